The fourth-order valence-corrected chi connectivity index (χ4v) is 3.66. The first-order chi connectivity index (χ1) is 14.5. The van der Waals surface area contributed by atoms with Crippen molar-refractivity contribution in [3.63, 3.8) is 0 Å². The maximum atomic E-state index is 14.2. The van der Waals surface area contributed by atoms with Gasteiger partial charge in [0.15, 0.2) is 17.2 Å². The lowest BCUT2D eigenvalue weighted by Crippen LogP contribution is -2.28. The minimum absolute atomic E-state index is 0.134. The van der Waals surface area contributed by atoms with Crippen molar-refractivity contribution in [1.29, 1.82) is 0 Å². The summed E-state index contributed by atoms with van der Waals surface area (Å²) in [4.78, 5) is 24.0. The molecule has 5 rings (SSSR count). The van der Waals surface area contributed by atoms with E-state index >= 15 is 0 Å². The number of aromatic nitrogens is 4. The molecule has 152 valence electrons. The van der Waals surface area contributed by atoms with Gasteiger partial charge in [-0.2, -0.15) is 4.98 Å². The Kier molecular flexibility index (Phi) is 4.12. The van der Waals surface area contributed by atoms with Crippen LogP contribution in [0.5, 0.6) is 5.75 Å². The van der Waals surface area contributed by atoms with Gasteiger partial charge in [-0.1, -0.05) is 12.1 Å². The van der Waals surface area contributed by atoms with Crippen molar-refractivity contribution >= 4 is 28.5 Å². The zero-order valence-corrected chi connectivity index (χ0v) is 15.5. The fraction of sp³-hybridized carbons (Fsp3) is 0.150. The van der Waals surface area contributed by atoms with E-state index in [4.69, 9.17) is 10.5 Å². The number of nitrogens with one attached hydrogen (secondary N) is 2. The molecule has 8 nitrogen and oxygen atoms in total. The number of nitrogen functional groups attached to an aromatic ring is 1. The number of H-pyrrole nitrogens is 1. The summed E-state index contributed by atoms with van der Waals surface area (Å²) in [6.07, 6.45) is 1.91. The number of ether oxygens (including phenoxy) is 1. The second-order valence-corrected chi connectivity index (χ2v) is 6.90. The Morgan fingerprint density at radius 2 is 2.13 bits per heavy atom. The zero-order valence-electron chi connectivity index (χ0n) is 15.5. The monoisotopic (exact) mass is 410 g/mol. The molecule has 3 heterocycles. The summed E-state index contributed by atoms with van der Waals surface area (Å²) in [5, 5.41) is 2.87. The molecule has 0 radical (unpaired) electrons. The molecule has 1 atom stereocenters. The average Bonchev–Trinajstić information content (AvgIpc) is 3.06. The predicted octanol–water partition coefficient (Wildman–Crippen LogP) is 3.10. The molecule has 4 N–H and O–H groups in total. The van der Waals surface area contributed by atoms with Crippen LogP contribution in [0.1, 0.15) is 18.0 Å². The number of halogens is 2. The molecule has 2 aromatic carbocycles. The van der Waals surface area contributed by atoms with Gasteiger partial charge in [-0.25, -0.2) is 18.6 Å². The van der Waals surface area contributed by atoms with Gasteiger partial charge in [0.25, 0.3) is 0 Å². The Balaban J connectivity index is 1.62. The van der Waals surface area contributed by atoms with Crippen molar-refractivity contribution in [1.82, 2.24) is 19.5 Å². The summed E-state index contributed by atoms with van der Waals surface area (Å²) in [6.45, 7) is 0.258. The average molecular weight is 410 g/mol. The van der Waals surface area contributed by atoms with E-state index in [1.165, 1.54) is 35.0 Å². The smallest absolute Gasteiger partial charge is 0.328 e. The molecule has 0 aliphatic carbocycles. The van der Waals surface area contributed by atoms with Crippen molar-refractivity contribution in [2.24, 2.45) is 0 Å². The van der Waals surface area contributed by atoms with Crippen LogP contribution in [0.25, 0.3) is 11.2 Å². The van der Waals surface area contributed by atoms with E-state index in [9.17, 15) is 13.6 Å². The third-order valence-electron chi connectivity index (χ3n) is 5.02. The maximum absolute atomic E-state index is 14.2. The van der Waals surface area contributed by atoms with Gasteiger partial charge in [0.1, 0.15) is 11.3 Å². The van der Waals surface area contributed by atoms with Crippen molar-refractivity contribution in [3.8, 4) is 5.75 Å². The van der Waals surface area contributed by atoms with E-state index in [1.54, 1.807) is 12.1 Å². The Morgan fingerprint density at radius 1 is 1.27 bits per heavy atom. The molecule has 0 saturated carbocycles. The largest absolute Gasteiger partial charge is 0.490 e. The van der Waals surface area contributed by atoms with Gasteiger partial charge in [0.2, 0.25) is 5.95 Å². The van der Waals surface area contributed by atoms with Crippen LogP contribution < -0.4 is 21.5 Å². The highest BCUT2D eigenvalue weighted by Crippen LogP contribution is 2.37. The van der Waals surface area contributed by atoms with E-state index < -0.39 is 23.4 Å². The van der Waals surface area contributed by atoms with Crippen LogP contribution in [0.3, 0.4) is 0 Å². The minimum Gasteiger partial charge on any atom is -0.490 e. The standard InChI is InChI=1S/C20H16F2N6O2/c21-10-4-5-13(23)14(8-10)25-19-24-9-15-18(27-19)28(20(29)26-15)16-6-7-30-17-11(16)2-1-3-12(17)22/h1-5,8-9,16H,6-7,23H2,(H,26,29)(H,24,25,27)/t16-/m1/s1. The van der Waals surface area contributed by atoms with Crippen molar-refractivity contribution in [2.45, 2.75) is 12.5 Å². The number of hydrogen-bond acceptors (Lipinski definition) is 6. The van der Waals surface area contributed by atoms with Crippen LogP contribution >= 0.6 is 0 Å². The van der Waals surface area contributed by atoms with Gasteiger partial charge in [-0.05, 0) is 24.3 Å². The summed E-state index contributed by atoms with van der Waals surface area (Å²) in [5.41, 5.74) is 7.41. The molecule has 1 aliphatic heterocycles. The quantitative estimate of drug-likeness (QED) is 0.448. The minimum atomic E-state index is -0.483. The van der Waals surface area contributed by atoms with Crippen molar-refractivity contribution in [2.75, 3.05) is 17.7 Å². The topological polar surface area (TPSA) is 111 Å². The highest BCUT2D eigenvalue weighted by Gasteiger charge is 2.28. The number of para-hydroxylation sites is 1. The van der Waals surface area contributed by atoms with E-state index in [0.29, 0.717) is 34.5 Å². The molecule has 4 aromatic rings. The van der Waals surface area contributed by atoms with Gasteiger partial charge >= 0.3 is 5.69 Å². The van der Waals surface area contributed by atoms with Crippen molar-refractivity contribution < 1.29 is 13.5 Å². The molecule has 2 aromatic heterocycles. The molecule has 0 spiro atoms. The number of hydrogen-bond donors (Lipinski definition) is 3. The van der Waals surface area contributed by atoms with Crippen molar-refractivity contribution in [3.05, 3.63) is 70.3 Å². The van der Waals surface area contributed by atoms with Gasteiger partial charge in [0.05, 0.1) is 30.2 Å². The van der Waals surface area contributed by atoms with Crippen LogP contribution in [0, 0.1) is 11.6 Å². The normalized spacial score (nSPS) is 15.6. The number of anilines is 3. The van der Waals surface area contributed by atoms with E-state index in [-0.39, 0.29) is 18.3 Å². The molecular weight excluding hydrogens is 394 g/mol. The molecule has 1 aliphatic rings. The van der Waals surface area contributed by atoms with Gasteiger partial charge < -0.3 is 20.8 Å². The molecule has 0 amide bonds. The Hall–Kier alpha value is -3.95. The Labute approximate surface area is 168 Å². The number of nitrogens with two attached hydrogens (primary N) is 1. The zero-order chi connectivity index (χ0) is 20.8. The lowest BCUT2D eigenvalue weighted by molar-refractivity contribution is 0.244. The third kappa shape index (κ3) is 2.93. The fourth-order valence-electron chi connectivity index (χ4n) is 3.66. The van der Waals surface area contributed by atoms with E-state index in [1.807, 2.05) is 0 Å². The van der Waals surface area contributed by atoms with Crippen LogP contribution in [0.2, 0.25) is 0 Å². The first-order valence-electron chi connectivity index (χ1n) is 9.22. The number of aromatic amines is 1. The lowest BCUT2D eigenvalue weighted by atomic mass is 10.00. The Morgan fingerprint density at radius 3 is 3.00 bits per heavy atom. The highest BCUT2D eigenvalue weighted by atomic mass is 19.1. The maximum Gasteiger partial charge on any atom is 0.328 e. The summed E-state index contributed by atoms with van der Waals surface area (Å²) < 4.78 is 34.7. The highest BCUT2D eigenvalue weighted by molar-refractivity contribution is 5.75. The number of rotatable bonds is 3. The van der Waals surface area contributed by atoms with E-state index in [0.717, 1.165) is 0 Å². The predicted molar refractivity (Wildman–Crippen MR) is 107 cm³/mol. The summed E-state index contributed by atoms with van der Waals surface area (Å²) in [5.74, 6) is -0.676. The molecule has 0 saturated heterocycles. The second kappa shape index (κ2) is 6.83. The van der Waals surface area contributed by atoms with Crippen LogP contribution in [0.4, 0.5) is 26.1 Å². The molecule has 0 unspecified atom stereocenters. The number of fused-ring (bicyclic) bond motifs is 2. The molecule has 0 bridgehead atoms. The van der Waals surface area contributed by atoms with Gasteiger partial charge in [-0.3, -0.25) is 4.57 Å². The third-order valence-corrected chi connectivity index (χ3v) is 5.02. The van der Waals surface area contributed by atoms with Gasteiger partial charge in [0, 0.05) is 12.0 Å². The van der Waals surface area contributed by atoms with Crippen LogP contribution in [-0.2, 0) is 0 Å². The summed E-state index contributed by atoms with van der Waals surface area (Å²) in [6, 6.07) is 8.04. The number of benzene rings is 2. The first-order valence-corrected chi connectivity index (χ1v) is 9.22. The molecule has 30 heavy (non-hydrogen) atoms. The molecule has 0 fully saturated rings. The SMILES string of the molecule is Nc1ccc(F)cc1Nc1ncc2[nH]c(=O)n([C@@H]3CCOc4c(F)cccc43)c2n1. The molecule has 10 heteroatoms. The number of imidazole rings is 1. The van der Waals surface area contributed by atoms with Crippen LogP contribution in [0.15, 0.2) is 47.4 Å². The van der Waals surface area contributed by atoms with Crippen LogP contribution in [-0.4, -0.2) is 26.1 Å². The summed E-state index contributed by atoms with van der Waals surface area (Å²) >= 11 is 0. The lowest BCUT2D eigenvalue weighted by Gasteiger charge is -2.26. The summed E-state index contributed by atoms with van der Waals surface area (Å²) in [7, 11) is 0. The Bertz CT molecular complexity index is 1330. The van der Waals surface area contributed by atoms with Gasteiger partial charge in [-0.15, -0.1) is 0 Å². The second-order valence-electron chi connectivity index (χ2n) is 6.90. The first kappa shape index (κ1) is 18.1. The van der Waals surface area contributed by atoms with E-state index in [2.05, 4.69) is 20.3 Å². The number of nitrogens with zero attached hydrogens (tertiary/aromatic N) is 3. The molecular formula is C20H16F2N6O2.